The van der Waals surface area contributed by atoms with Crippen molar-refractivity contribution in [2.75, 3.05) is 31.6 Å². The van der Waals surface area contributed by atoms with Crippen molar-refractivity contribution in [3.63, 3.8) is 0 Å². The van der Waals surface area contributed by atoms with E-state index in [9.17, 15) is 0 Å². The number of nitrogens with one attached hydrogen (secondary N) is 2. The molecule has 2 heterocycles. The number of para-hydroxylation sites is 1. The van der Waals surface area contributed by atoms with Crippen LogP contribution in [0, 0.1) is 5.41 Å². The first-order valence-electron chi connectivity index (χ1n) is 6.90. The Morgan fingerprint density at radius 1 is 1.39 bits per heavy atom. The molecule has 1 aromatic carbocycles. The van der Waals surface area contributed by atoms with Crippen molar-refractivity contribution in [3.8, 4) is 0 Å². The summed E-state index contributed by atoms with van der Waals surface area (Å²) in [5, 5.41) is 7.12. The predicted octanol–water partition coefficient (Wildman–Crippen LogP) is 2.17. The Morgan fingerprint density at radius 2 is 2.28 bits per heavy atom. The lowest BCUT2D eigenvalue weighted by Gasteiger charge is -2.38. The molecule has 1 aromatic rings. The minimum atomic E-state index is 0.349. The lowest BCUT2D eigenvalue weighted by molar-refractivity contribution is -0.0991. The van der Waals surface area contributed by atoms with Crippen LogP contribution in [0.25, 0.3) is 0 Å². The summed E-state index contributed by atoms with van der Waals surface area (Å²) in [6.45, 7) is 7.16. The topological polar surface area (TPSA) is 33.3 Å². The van der Waals surface area contributed by atoms with Crippen LogP contribution in [-0.2, 0) is 17.7 Å². The van der Waals surface area contributed by atoms with Crippen molar-refractivity contribution in [2.45, 2.75) is 26.3 Å². The van der Waals surface area contributed by atoms with Gasteiger partial charge >= 0.3 is 0 Å². The summed E-state index contributed by atoms with van der Waals surface area (Å²) >= 11 is 0. The molecule has 98 valence electrons. The highest BCUT2D eigenvalue weighted by atomic mass is 16.5. The van der Waals surface area contributed by atoms with Gasteiger partial charge in [0.05, 0.1) is 13.2 Å². The van der Waals surface area contributed by atoms with Gasteiger partial charge in [-0.05, 0) is 24.0 Å². The van der Waals surface area contributed by atoms with Gasteiger partial charge in [0.1, 0.15) is 0 Å². The van der Waals surface area contributed by atoms with Crippen molar-refractivity contribution < 1.29 is 4.74 Å². The van der Waals surface area contributed by atoms with Crippen molar-refractivity contribution in [1.29, 1.82) is 0 Å². The fourth-order valence-electron chi connectivity index (χ4n) is 2.78. The molecule has 1 saturated heterocycles. The molecule has 3 heteroatoms. The van der Waals surface area contributed by atoms with Crippen LogP contribution in [-0.4, -0.2) is 26.3 Å². The normalized spacial score (nSPS) is 20.7. The largest absolute Gasteiger partial charge is 0.385 e. The summed E-state index contributed by atoms with van der Waals surface area (Å²) in [6.07, 6.45) is 2.46. The van der Waals surface area contributed by atoms with Gasteiger partial charge in [-0.2, -0.15) is 0 Å². The third-order valence-electron chi connectivity index (χ3n) is 3.93. The van der Waals surface area contributed by atoms with Crippen LogP contribution in [0.4, 0.5) is 5.69 Å². The second-order valence-electron chi connectivity index (χ2n) is 5.89. The van der Waals surface area contributed by atoms with Crippen molar-refractivity contribution in [3.05, 3.63) is 29.3 Å². The molecule has 0 radical (unpaired) electrons. The molecule has 0 aromatic heterocycles. The fraction of sp³-hybridized carbons (Fsp3) is 0.600. The summed E-state index contributed by atoms with van der Waals surface area (Å²) in [5.74, 6) is 0. The zero-order valence-corrected chi connectivity index (χ0v) is 11.1. The predicted molar refractivity (Wildman–Crippen MR) is 73.9 cm³/mol. The maximum Gasteiger partial charge on any atom is 0.0554 e. The molecule has 2 N–H and O–H groups in total. The van der Waals surface area contributed by atoms with Crippen LogP contribution in [0.5, 0.6) is 0 Å². The second kappa shape index (κ2) is 4.90. The molecule has 0 saturated carbocycles. The first kappa shape index (κ1) is 12.0. The van der Waals surface area contributed by atoms with E-state index in [0.717, 1.165) is 32.8 Å². The quantitative estimate of drug-likeness (QED) is 0.854. The molecule has 3 rings (SSSR count). The molecule has 2 aliphatic heterocycles. The van der Waals surface area contributed by atoms with E-state index in [1.165, 1.54) is 29.7 Å². The SMILES string of the molecule is CC1(CNCc2cccc3c2NCCC3)COC1. The first-order valence-corrected chi connectivity index (χ1v) is 6.90. The Hall–Kier alpha value is -1.06. The van der Waals surface area contributed by atoms with Gasteiger partial charge in [0, 0.05) is 30.7 Å². The number of ether oxygens (including phenoxy) is 1. The van der Waals surface area contributed by atoms with Crippen molar-refractivity contribution in [2.24, 2.45) is 5.41 Å². The molecule has 0 bridgehead atoms. The maximum atomic E-state index is 5.28. The second-order valence-corrected chi connectivity index (χ2v) is 5.89. The number of fused-ring (bicyclic) bond motifs is 1. The van der Waals surface area contributed by atoms with Crippen LogP contribution in [0.2, 0.25) is 0 Å². The lowest BCUT2D eigenvalue weighted by atomic mass is 9.88. The van der Waals surface area contributed by atoms with E-state index < -0.39 is 0 Å². The Balaban J connectivity index is 1.62. The van der Waals surface area contributed by atoms with E-state index in [2.05, 4.69) is 35.8 Å². The fourth-order valence-corrected chi connectivity index (χ4v) is 2.78. The number of hydrogen-bond acceptors (Lipinski definition) is 3. The maximum absolute atomic E-state index is 5.28. The standard InChI is InChI=1S/C15H22N2O/c1-15(10-18-11-15)9-16-8-13-5-2-4-12-6-3-7-17-14(12)13/h2,4-5,16-17H,3,6-11H2,1H3. The summed E-state index contributed by atoms with van der Waals surface area (Å²) in [4.78, 5) is 0. The molecule has 0 atom stereocenters. The minimum Gasteiger partial charge on any atom is -0.385 e. The molecule has 0 amide bonds. The van der Waals surface area contributed by atoms with Gasteiger partial charge in [-0.15, -0.1) is 0 Å². The molecule has 18 heavy (non-hydrogen) atoms. The Labute approximate surface area is 109 Å². The zero-order chi connectivity index (χ0) is 12.4. The van der Waals surface area contributed by atoms with E-state index in [0.29, 0.717) is 5.41 Å². The lowest BCUT2D eigenvalue weighted by Crippen LogP contribution is -2.47. The highest BCUT2D eigenvalue weighted by Crippen LogP contribution is 2.27. The average Bonchev–Trinajstić information content (AvgIpc) is 2.37. The Bertz CT molecular complexity index is 427. The molecule has 2 aliphatic rings. The number of benzene rings is 1. The highest BCUT2D eigenvalue weighted by molar-refractivity contribution is 5.59. The van der Waals surface area contributed by atoms with Gasteiger partial charge in [0.2, 0.25) is 0 Å². The van der Waals surface area contributed by atoms with Gasteiger partial charge in [0.15, 0.2) is 0 Å². The molecule has 0 unspecified atom stereocenters. The van der Waals surface area contributed by atoms with Crippen LogP contribution >= 0.6 is 0 Å². The Kier molecular flexibility index (Phi) is 3.27. The molecular weight excluding hydrogens is 224 g/mol. The van der Waals surface area contributed by atoms with Crippen molar-refractivity contribution >= 4 is 5.69 Å². The zero-order valence-electron chi connectivity index (χ0n) is 11.1. The van der Waals surface area contributed by atoms with E-state index in [1.807, 2.05) is 0 Å². The first-order chi connectivity index (χ1) is 8.77. The third kappa shape index (κ3) is 2.38. The van der Waals surface area contributed by atoms with Gasteiger partial charge in [-0.3, -0.25) is 0 Å². The highest BCUT2D eigenvalue weighted by Gasteiger charge is 2.32. The molecular formula is C15H22N2O. The summed E-state index contributed by atoms with van der Waals surface area (Å²) < 4.78 is 5.28. The van der Waals surface area contributed by atoms with Crippen LogP contribution < -0.4 is 10.6 Å². The van der Waals surface area contributed by atoms with Crippen molar-refractivity contribution in [1.82, 2.24) is 5.32 Å². The Morgan fingerprint density at radius 3 is 3.06 bits per heavy atom. The molecule has 1 fully saturated rings. The summed E-state index contributed by atoms with van der Waals surface area (Å²) in [7, 11) is 0. The van der Waals surface area contributed by atoms with Gasteiger partial charge in [0.25, 0.3) is 0 Å². The molecule has 0 aliphatic carbocycles. The minimum absolute atomic E-state index is 0.349. The number of aryl methyl sites for hydroxylation is 1. The number of rotatable bonds is 4. The van der Waals surface area contributed by atoms with Crippen LogP contribution in [0.1, 0.15) is 24.5 Å². The molecule has 3 nitrogen and oxygen atoms in total. The summed E-state index contributed by atoms with van der Waals surface area (Å²) in [6, 6.07) is 6.65. The number of hydrogen-bond donors (Lipinski definition) is 2. The third-order valence-corrected chi connectivity index (χ3v) is 3.93. The van der Waals surface area contributed by atoms with E-state index in [1.54, 1.807) is 0 Å². The van der Waals surface area contributed by atoms with Crippen LogP contribution in [0.3, 0.4) is 0 Å². The average molecular weight is 246 g/mol. The van der Waals surface area contributed by atoms with Gasteiger partial charge in [-0.1, -0.05) is 25.1 Å². The van der Waals surface area contributed by atoms with E-state index in [4.69, 9.17) is 4.74 Å². The smallest absolute Gasteiger partial charge is 0.0554 e. The molecule has 0 spiro atoms. The number of anilines is 1. The van der Waals surface area contributed by atoms with E-state index >= 15 is 0 Å². The monoisotopic (exact) mass is 246 g/mol. The van der Waals surface area contributed by atoms with Gasteiger partial charge in [-0.25, -0.2) is 0 Å². The van der Waals surface area contributed by atoms with E-state index in [-0.39, 0.29) is 0 Å². The van der Waals surface area contributed by atoms with Crippen LogP contribution in [0.15, 0.2) is 18.2 Å². The van der Waals surface area contributed by atoms with Gasteiger partial charge < -0.3 is 15.4 Å². The summed E-state index contributed by atoms with van der Waals surface area (Å²) in [5.41, 5.74) is 4.59.